The van der Waals surface area contributed by atoms with Crippen LogP contribution in [0.2, 0.25) is 0 Å². The highest BCUT2D eigenvalue weighted by Gasteiger charge is 2.30. The minimum absolute atomic E-state index is 0.110. The van der Waals surface area contributed by atoms with E-state index in [1.165, 1.54) is 327 Å². The number of hydrogen-bond donors (Lipinski definition) is 3. The smallest absolute Gasteiger partial charge is 0.462 e. The molecule has 0 saturated heterocycles. The van der Waals surface area contributed by atoms with Gasteiger partial charge in [-0.2, -0.15) is 0 Å². The predicted octanol–water partition coefficient (Wildman–Crippen LogP) is 28.1. The second-order valence-corrected chi connectivity index (χ2v) is 35.3. The summed E-state index contributed by atoms with van der Waals surface area (Å²) in [5.41, 5.74) is 0. The number of carbonyl (C=O) groups excluding carboxylic acids is 4. The van der Waals surface area contributed by atoms with Gasteiger partial charge in [-0.1, -0.05) is 445 Å². The number of aliphatic hydroxyl groups is 1. The van der Waals surface area contributed by atoms with Crippen molar-refractivity contribution < 1.29 is 80.2 Å². The Balaban J connectivity index is 5.21. The van der Waals surface area contributed by atoms with Crippen molar-refractivity contribution in [2.75, 3.05) is 39.6 Å². The van der Waals surface area contributed by atoms with Crippen molar-refractivity contribution in [3.63, 3.8) is 0 Å². The van der Waals surface area contributed by atoms with Gasteiger partial charge in [-0.05, 0) is 25.7 Å². The van der Waals surface area contributed by atoms with Gasteiger partial charge in [-0.15, -0.1) is 0 Å². The molecule has 0 fully saturated rings. The fraction of sp³-hybridized carbons (Fsp3) is 0.956. The Labute approximate surface area is 670 Å². The monoisotopic (exact) mass is 1590 g/mol. The molecule has 0 aliphatic heterocycles. The summed E-state index contributed by atoms with van der Waals surface area (Å²) < 4.78 is 69.0. The summed E-state index contributed by atoms with van der Waals surface area (Å²) in [7, 11) is -9.93. The maximum Gasteiger partial charge on any atom is 0.472 e. The van der Waals surface area contributed by atoms with Gasteiger partial charge in [0.2, 0.25) is 0 Å². The van der Waals surface area contributed by atoms with Crippen LogP contribution in [0.1, 0.15) is 496 Å². The van der Waals surface area contributed by atoms with Crippen LogP contribution in [0.3, 0.4) is 0 Å². The number of carbonyl (C=O) groups is 4. The van der Waals surface area contributed by atoms with Crippen molar-refractivity contribution >= 4 is 39.5 Å². The van der Waals surface area contributed by atoms with E-state index in [0.29, 0.717) is 25.7 Å². The second kappa shape index (κ2) is 84.0. The topological polar surface area (TPSA) is 237 Å². The summed E-state index contributed by atoms with van der Waals surface area (Å²) in [6, 6.07) is 0. The Bertz CT molecular complexity index is 2050. The van der Waals surface area contributed by atoms with E-state index in [1.807, 2.05) is 0 Å². The number of phosphoric acid groups is 2. The SMILES string of the molecule is CCCCCCCCCCCCCCCCCCCCCCCC(=O)O[C@H](COC(=O)CCCCCCCCCCCCCCCCCCCCC)COP(=O)(O)OC[C@@H](O)COP(=O)(O)OC[C@@H](COC(=O)CCCCCCCCCCCC)OC(=O)CCCCCCCCCCCCCCCCCCCCC. The zero-order valence-electron chi connectivity index (χ0n) is 71.5. The molecule has 0 aromatic rings. The third-order valence-corrected chi connectivity index (χ3v) is 23.3. The Kier molecular flexibility index (Phi) is 82.5. The van der Waals surface area contributed by atoms with Crippen LogP contribution in [0.15, 0.2) is 0 Å². The number of hydrogen-bond acceptors (Lipinski definition) is 15. The molecular weight excluding hydrogens is 1410 g/mol. The van der Waals surface area contributed by atoms with E-state index in [9.17, 15) is 43.2 Å². The number of rotatable bonds is 91. The van der Waals surface area contributed by atoms with Gasteiger partial charge in [0, 0.05) is 25.7 Å². The van der Waals surface area contributed by atoms with Crippen molar-refractivity contribution in [3.8, 4) is 0 Å². The summed E-state index contributed by atoms with van der Waals surface area (Å²) in [4.78, 5) is 73.3. The lowest BCUT2D eigenvalue weighted by Crippen LogP contribution is -2.30. The fourth-order valence-electron chi connectivity index (χ4n) is 14.2. The maximum absolute atomic E-state index is 13.2. The van der Waals surface area contributed by atoms with E-state index in [-0.39, 0.29) is 25.7 Å². The normalized spacial score (nSPS) is 13.6. The zero-order valence-corrected chi connectivity index (χ0v) is 73.3. The molecule has 0 radical (unpaired) electrons. The van der Waals surface area contributed by atoms with Crippen molar-refractivity contribution in [2.24, 2.45) is 0 Å². The predicted molar refractivity (Wildman–Crippen MR) is 451 cm³/mol. The minimum Gasteiger partial charge on any atom is -0.462 e. The number of ether oxygens (including phenoxy) is 4. The third kappa shape index (κ3) is 83.8. The van der Waals surface area contributed by atoms with Gasteiger partial charge < -0.3 is 33.8 Å². The highest BCUT2D eigenvalue weighted by Crippen LogP contribution is 2.45. The van der Waals surface area contributed by atoms with E-state index in [2.05, 4.69) is 27.7 Å². The second-order valence-electron chi connectivity index (χ2n) is 32.3. The van der Waals surface area contributed by atoms with E-state index in [0.717, 1.165) is 89.9 Å². The van der Waals surface area contributed by atoms with Crippen LogP contribution >= 0.6 is 15.6 Å². The van der Waals surface area contributed by atoms with Crippen LogP contribution in [0.4, 0.5) is 0 Å². The zero-order chi connectivity index (χ0) is 79.6. The van der Waals surface area contributed by atoms with Gasteiger partial charge in [0.15, 0.2) is 12.2 Å². The van der Waals surface area contributed by atoms with Crippen LogP contribution in [0, 0.1) is 0 Å². The number of esters is 4. The average molecular weight is 1590 g/mol. The van der Waals surface area contributed by atoms with Crippen molar-refractivity contribution in [2.45, 2.75) is 515 Å². The Morgan fingerprint density at radius 1 is 0.220 bits per heavy atom. The van der Waals surface area contributed by atoms with Gasteiger partial charge >= 0.3 is 39.5 Å². The first-order valence-corrected chi connectivity index (χ1v) is 49.8. The number of aliphatic hydroxyl groups excluding tert-OH is 1. The molecule has 17 nitrogen and oxygen atoms in total. The summed E-state index contributed by atoms with van der Waals surface area (Å²) in [5.74, 6) is -2.09. The molecule has 3 N–H and O–H groups in total. The first kappa shape index (κ1) is 107. The minimum atomic E-state index is -4.97. The lowest BCUT2D eigenvalue weighted by molar-refractivity contribution is -0.161. The van der Waals surface area contributed by atoms with Gasteiger partial charge in [0.1, 0.15) is 19.3 Å². The summed E-state index contributed by atoms with van der Waals surface area (Å²) in [6.45, 7) is 5.07. The highest BCUT2D eigenvalue weighted by molar-refractivity contribution is 7.47. The standard InChI is InChI=1S/C90H176O17P2/c1-5-9-13-17-21-25-29-32-35-38-41-42-45-48-51-54-57-61-65-69-73-77-90(95)107-86(81-101-88(93)75-71-67-63-59-55-52-49-46-43-39-36-33-30-26-22-18-14-10-6-2)83-105-109(98,99)103-79-84(91)78-102-108(96,97)104-82-85(80-100-87(92)74-70-66-62-58-28-24-20-16-12-8-4)106-89(94)76-72-68-64-60-56-53-50-47-44-40-37-34-31-27-23-19-15-11-7-3/h84-86,91H,5-83H2,1-4H3,(H,96,97)(H,98,99)/t84-,85+,86+/m0/s1. The molecule has 0 aromatic carbocycles. The molecule has 0 aromatic heterocycles. The molecule has 0 aliphatic rings. The number of phosphoric ester groups is 2. The molecule has 19 heteroatoms. The van der Waals surface area contributed by atoms with E-state index >= 15 is 0 Å². The molecule has 5 atom stereocenters. The molecule has 0 saturated carbocycles. The highest BCUT2D eigenvalue weighted by atomic mass is 31.2. The first-order chi connectivity index (χ1) is 53.2. The number of unbranched alkanes of at least 4 members (excludes halogenated alkanes) is 65. The molecule has 0 aliphatic carbocycles. The van der Waals surface area contributed by atoms with Crippen LogP contribution in [0.5, 0.6) is 0 Å². The van der Waals surface area contributed by atoms with E-state index < -0.39 is 97.5 Å². The molecule has 648 valence electrons. The van der Waals surface area contributed by atoms with E-state index in [1.54, 1.807) is 0 Å². The van der Waals surface area contributed by atoms with Gasteiger partial charge in [0.25, 0.3) is 0 Å². The largest absolute Gasteiger partial charge is 0.472 e. The molecule has 0 amide bonds. The molecule has 0 bridgehead atoms. The van der Waals surface area contributed by atoms with Crippen molar-refractivity contribution in [1.82, 2.24) is 0 Å². The van der Waals surface area contributed by atoms with Crippen molar-refractivity contribution in [3.05, 3.63) is 0 Å². The first-order valence-electron chi connectivity index (χ1n) is 46.8. The Morgan fingerprint density at radius 2 is 0.367 bits per heavy atom. The lowest BCUT2D eigenvalue weighted by atomic mass is 10.0. The average Bonchev–Trinajstić information content (AvgIpc) is 0.899. The van der Waals surface area contributed by atoms with Crippen LogP contribution < -0.4 is 0 Å². The van der Waals surface area contributed by atoms with E-state index in [4.69, 9.17) is 37.0 Å². The lowest BCUT2D eigenvalue weighted by Gasteiger charge is -2.21. The molecule has 0 rings (SSSR count). The van der Waals surface area contributed by atoms with Gasteiger partial charge in [-0.25, -0.2) is 9.13 Å². The van der Waals surface area contributed by atoms with Gasteiger partial charge in [0.05, 0.1) is 26.4 Å². The van der Waals surface area contributed by atoms with Crippen molar-refractivity contribution in [1.29, 1.82) is 0 Å². The summed E-state index contributed by atoms with van der Waals surface area (Å²) in [5, 5.41) is 10.7. The summed E-state index contributed by atoms with van der Waals surface area (Å²) >= 11 is 0. The molecular formula is C90H176O17P2. The molecule has 109 heavy (non-hydrogen) atoms. The van der Waals surface area contributed by atoms with Crippen LogP contribution in [-0.4, -0.2) is 96.7 Å². The molecule has 0 spiro atoms. The maximum atomic E-state index is 13.2. The quantitative estimate of drug-likeness (QED) is 0.0222. The Hall–Kier alpha value is -1.94. The molecule has 0 heterocycles. The third-order valence-electron chi connectivity index (χ3n) is 21.4. The Morgan fingerprint density at radius 3 is 0.541 bits per heavy atom. The van der Waals surface area contributed by atoms with Crippen LogP contribution in [-0.2, 0) is 65.4 Å². The van der Waals surface area contributed by atoms with Crippen LogP contribution in [0.25, 0.3) is 0 Å². The summed E-state index contributed by atoms with van der Waals surface area (Å²) in [6.07, 6.45) is 80.7. The fourth-order valence-corrected chi connectivity index (χ4v) is 15.8. The van der Waals surface area contributed by atoms with Gasteiger partial charge in [-0.3, -0.25) is 37.3 Å². The molecule has 2 unspecified atom stereocenters.